The molecule has 0 bridgehead atoms. The van der Waals surface area contributed by atoms with Gasteiger partial charge in [0, 0.05) is 0 Å². The third-order valence-electron chi connectivity index (χ3n) is 2.13. The average molecular weight is 298 g/mol. The number of nitro benzene ring substituents is 1. The average Bonchev–Trinajstić information content (AvgIpc) is 2.40. The normalized spacial score (nSPS) is 9.45. The van der Waals surface area contributed by atoms with Crippen LogP contribution in [0.15, 0.2) is 12.1 Å². The molecule has 0 fully saturated rings. The van der Waals surface area contributed by atoms with Crippen molar-refractivity contribution in [3.8, 4) is 6.07 Å². The number of rotatable bonds is 3. The predicted molar refractivity (Wildman–Crippen MR) is 68.1 cm³/mol. The highest BCUT2D eigenvalue weighted by Crippen LogP contribution is 2.33. The Hall–Kier alpha value is -2.66. The van der Waals surface area contributed by atoms with Gasteiger partial charge in [0.05, 0.1) is 16.6 Å². The van der Waals surface area contributed by atoms with Crippen molar-refractivity contribution in [2.24, 2.45) is 0 Å². The summed E-state index contributed by atoms with van der Waals surface area (Å²) in [6, 6.07) is 3.90. The molecule has 0 heterocycles. The van der Waals surface area contributed by atoms with E-state index in [9.17, 15) is 19.7 Å². The second kappa shape index (κ2) is 6.49. The van der Waals surface area contributed by atoms with Gasteiger partial charge in [-0.3, -0.25) is 14.9 Å². The third-order valence-corrected chi connectivity index (χ3v) is 2.45. The maximum atomic E-state index is 11.4. The van der Waals surface area contributed by atoms with Gasteiger partial charge < -0.3 is 10.1 Å². The summed E-state index contributed by atoms with van der Waals surface area (Å²) in [5.41, 5.74) is -1.40. The van der Waals surface area contributed by atoms with Gasteiger partial charge >= 0.3 is 17.6 Å². The fraction of sp³-hybridized carbons (Fsp3) is 0.182. The number of anilines is 1. The quantitative estimate of drug-likeness (QED) is 0.391. The lowest BCUT2D eigenvalue weighted by atomic mass is 10.1. The Labute approximate surface area is 118 Å². The van der Waals surface area contributed by atoms with E-state index in [1.54, 1.807) is 6.07 Å². The van der Waals surface area contributed by atoms with Gasteiger partial charge in [-0.15, -0.1) is 0 Å². The minimum atomic E-state index is -1.18. The largest absolute Gasteiger partial charge is 0.459 e. The minimum absolute atomic E-state index is 0.0155. The van der Waals surface area contributed by atoms with E-state index in [2.05, 4.69) is 4.74 Å². The molecule has 8 nitrogen and oxygen atoms in total. The molecule has 104 valence electrons. The topological polar surface area (TPSA) is 122 Å². The number of carbonyl (C=O) groups excluding carboxylic acids is 2. The maximum Gasteiger partial charge on any atom is 0.397 e. The van der Waals surface area contributed by atoms with Gasteiger partial charge in [-0.25, -0.2) is 4.79 Å². The van der Waals surface area contributed by atoms with Crippen LogP contribution in [0.2, 0.25) is 5.02 Å². The Morgan fingerprint density at radius 2 is 2.20 bits per heavy atom. The van der Waals surface area contributed by atoms with Crippen molar-refractivity contribution in [1.29, 1.82) is 5.26 Å². The van der Waals surface area contributed by atoms with Crippen LogP contribution in [0.25, 0.3) is 0 Å². The number of ether oxygens (including phenoxy) is 1. The molecule has 0 spiro atoms. The van der Waals surface area contributed by atoms with Crippen LogP contribution < -0.4 is 5.32 Å². The zero-order valence-electron chi connectivity index (χ0n) is 10.2. The Balaban J connectivity index is 3.20. The second-order valence-electron chi connectivity index (χ2n) is 3.36. The fourth-order valence-corrected chi connectivity index (χ4v) is 1.53. The van der Waals surface area contributed by atoms with Crippen molar-refractivity contribution in [3.05, 3.63) is 32.8 Å². The number of esters is 1. The first-order valence-corrected chi connectivity index (χ1v) is 5.65. The highest BCUT2D eigenvalue weighted by Gasteiger charge is 2.26. The van der Waals surface area contributed by atoms with E-state index in [0.29, 0.717) is 0 Å². The molecule has 20 heavy (non-hydrogen) atoms. The van der Waals surface area contributed by atoms with Gasteiger partial charge in [0.15, 0.2) is 5.56 Å². The molecule has 0 aliphatic heterocycles. The molecule has 1 amide bonds. The highest BCUT2D eigenvalue weighted by molar-refractivity contribution is 6.38. The Kier molecular flexibility index (Phi) is 5.00. The summed E-state index contributed by atoms with van der Waals surface area (Å²) in [5.74, 6) is -2.36. The number of nitriles is 1. The summed E-state index contributed by atoms with van der Waals surface area (Å²) < 4.78 is 4.44. The molecule has 0 aromatic heterocycles. The van der Waals surface area contributed by atoms with E-state index in [4.69, 9.17) is 16.9 Å². The first-order valence-electron chi connectivity index (χ1n) is 5.27. The third kappa shape index (κ3) is 3.21. The molecule has 0 saturated heterocycles. The summed E-state index contributed by atoms with van der Waals surface area (Å²) in [7, 11) is 0. The molecule has 0 saturated carbocycles. The van der Waals surface area contributed by atoms with E-state index in [0.717, 1.165) is 6.07 Å². The maximum absolute atomic E-state index is 11.4. The first kappa shape index (κ1) is 15.4. The van der Waals surface area contributed by atoms with E-state index >= 15 is 0 Å². The molecule has 0 aliphatic rings. The van der Waals surface area contributed by atoms with E-state index in [-0.39, 0.29) is 17.3 Å². The van der Waals surface area contributed by atoms with Crippen molar-refractivity contribution >= 4 is 34.9 Å². The fourth-order valence-electron chi connectivity index (χ4n) is 1.33. The Bertz CT molecular complexity index is 623. The lowest BCUT2D eigenvalue weighted by molar-refractivity contribution is -0.384. The van der Waals surface area contributed by atoms with Gasteiger partial charge in [-0.1, -0.05) is 11.6 Å². The van der Waals surface area contributed by atoms with Crippen LogP contribution in [0, 0.1) is 21.4 Å². The summed E-state index contributed by atoms with van der Waals surface area (Å²) in [6.07, 6.45) is 0. The molecule has 9 heteroatoms. The standard InChI is InChI=1S/C11H8ClN3O5/c1-2-20-11(17)10(16)14-8-4-3-7(12)6(5-13)9(8)15(18)19/h3-4H,2H2,1H3,(H,14,16). The number of amides is 1. The number of hydrogen-bond acceptors (Lipinski definition) is 6. The molecule has 0 unspecified atom stereocenters. The molecular weight excluding hydrogens is 290 g/mol. The van der Waals surface area contributed by atoms with Gasteiger partial charge in [0.25, 0.3) is 0 Å². The van der Waals surface area contributed by atoms with E-state index in [1.807, 2.05) is 5.32 Å². The van der Waals surface area contributed by atoms with Gasteiger partial charge in [0.1, 0.15) is 11.8 Å². The molecular formula is C11H8ClN3O5. The number of hydrogen-bond donors (Lipinski definition) is 1. The number of halogens is 1. The van der Waals surface area contributed by atoms with Crippen LogP contribution in [0.5, 0.6) is 0 Å². The van der Waals surface area contributed by atoms with Crippen molar-refractivity contribution in [2.45, 2.75) is 6.92 Å². The molecule has 1 N–H and O–H groups in total. The summed E-state index contributed by atoms with van der Waals surface area (Å²) >= 11 is 5.66. The predicted octanol–water partition coefficient (Wildman–Crippen LogP) is 1.62. The number of nitro groups is 1. The zero-order valence-corrected chi connectivity index (χ0v) is 10.9. The number of benzene rings is 1. The monoisotopic (exact) mass is 297 g/mol. The van der Waals surface area contributed by atoms with Crippen molar-refractivity contribution < 1.29 is 19.2 Å². The van der Waals surface area contributed by atoms with E-state index < -0.39 is 28.1 Å². The molecule has 0 radical (unpaired) electrons. The Morgan fingerprint density at radius 3 is 2.70 bits per heavy atom. The Morgan fingerprint density at radius 1 is 1.55 bits per heavy atom. The molecule has 1 aromatic carbocycles. The minimum Gasteiger partial charge on any atom is -0.459 e. The van der Waals surface area contributed by atoms with Crippen molar-refractivity contribution in [2.75, 3.05) is 11.9 Å². The molecule has 1 aromatic rings. The van der Waals surface area contributed by atoms with Crippen molar-refractivity contribution in [1.82, 2.24) is 0 Å². The van der Waals surface area contributed by atoms with Crippen LogP contribution in [0.3, 0.4) is 0 Å². The zero-order chi connectivity index (χ0) is 15.3. The number of nitrogens with one attached hydrogen (secondary N) is 1. The van der Waals surface area contributed by atoms with Gasteiger partial charge in [0.2, 0.25) is 0 Å². The van der Waals surface area contributed by atoms with Crippen LogP contribution in [0.4, 0.5) is 11.4 Å². The summed E-state index contributed by atoms with van der Waals surface area (Å²) in [4.78, 5) is 32.7. The summed E-state index contributed by atoms with van der Waals surface area (Å²) in [6.45, 7) is 1.49. The molecule has 0 atom stereocenters. The van der Waals surface area contributed by atoms with Gasteiger partial charge in [-0.2, -0.15) is 5.26 Å². The second-order valence-corrected chi connectivity index (χ2v) is 3.77. The first-order chi connectivity index (χ1) is 9.42. The smallest absolute Gasteiger partial charge is 0.397 e. The van der Waals surface area contributed by atoms with Crippen molar-refractivity contribution in [3.63, 3.8) is 0 Å². The number of nitrogens with zero attached hydrogens (tertiary/aromatic N) is 2. The van der Waals surface area contributed by atoms with E-state index in [1.165, 1.54) is 13.0 Å². The van der Waals surface area contributed by atoms with Crippen LogP contribution in [0.1, 0.15) is 12.5 Å². The molecule has 1 rings (SSSR count). The highest BCUT2D eigenvalue weighted by atomic mass is 35.5. The SMILES string of the molecule is CCOC(=O)C(=O)Nc1ccc(Cl)c(C#N)c1[N+](=O)[O-]. The van der Waals surface area contributed by atoms with Crippen LogP contribution in [-0.4, -0.2) is 23.4 Å². The lowest BCUT2D eigenvalue weighted by Crippen LogP contribution is -2.25. The molecule has 0 aliphatic carbocycles. The van der Waals surface area contributed by atoms with Gasteiger partial charge in [-0.05, 0) is 19.1 Å². The van der Waals surface area contributed by atoms with Crippen LogP contribution in [-0.2, 0) is 14.3 Å². The number of carbonyl (C=O) groups is 2. The van der Waals surface area contributed by atoms with Crippen LogP contribution >= 0.6 is 11.6 Å². The lowest BCUT2D eigenvalue weighted by Gasteiger charge is -2.07. The summed E-state index contributed by atoms with van der Waals surface area (Å²) in [5, 5.41) is 21.7.